The van der Waals surface area contributed by atoms with E-state index in [0.29, 0.717) is 5.78 Å². The number of nitrogens with zero attached hydrogens (tertiary/aromatic N) is 3. The van der Waals surface area contributed by atoms with Crippen LogP contribution in [0.15, 0.2) is 12.4 Å². The maximum absolute atomic E-state index is 12.4. The second kappa shape index (κ2) is 5.45. The molecule has 1 atom stereocenters. The fourth-order valence-electron chi connectivity index (χ4n) is 3.00. The van der Waals surface area contributed by atoms with Crippen LogP contribution in [-0.2, 0) is 18.4 Å². The summed E-state index contributed by atoms with van der Waals surface area (Å²) in [5, 5.41) is 0. The number of rotatable bonds is 4. The van der Waals surface area contributed by atoms with Crippen LogP contribution in [0.3, 0.4) is 0 Å². The van der Waals surface area contributed by atoms with Gasteiger partial charge in [-0.25, -0.2) is 4.98 Å². The molecule has 0 saturated heterocycles. The van der Waals surface area contributed by atoms with Gasteiger partial charge in [0.05, 0.1) is 6.54 Å². The summed E-state index contributed by atoms with van der Waals surface area (Å²) in [6.07, 6.45) is 7.01. The molecule has 1 fully saturated rings. The van der Waals surface area contributed by atoms with E-state index in [1.165, 1.54) is 6.42 Å². The average molecular weight is 263 g/mol. The molecule has 1 aliphatic carbocycles. The molecule has 0 aliphatic heterocycles. The number of imidazole rings is 1. The summed E-state index contributed by atoms with van der Waals surface area (Å²) in [7, 11) is 4.08. The fourth-order valence-corrected chi connectivity index (χ4v) is 3.00. The zero-order valence-electron chi connectivity index (χ0n) is 12.5. The highest BCUT2D eigenvalue weighted by Crippen LogP contribution is 2.35. The van der Waals surface area contributed by atoms with Gasteiger partial charge in [0.1, 0.15) is 11.6 Å². The fraction of sp³-hybridized carbons (Fsp3) is 0.733. The van der Waals surface area contributed by atoms with Crippen LogP contribution in [0.4, 0.5) is 0 Å². The Morgan fingerprint density at radius 1 is 1.53 bits per heavy atom. The van der Waals surface area contributed by atoms with Crippen LogP contribution in [-0.4, -0.2) is 33.8 Å². The highest BCUT2D eigenvalue weighted by molar-refractivity contribution is 5.87. The molecule has 1 aliphatic rings. The number of Topliss-reactive ketones (excluding diaryl/α,β-unsaturated/α-hetero) is 1. The second-order valence-electron chi connectivity index (χ2n) is 6.49. The minimum Gasteiger partial charge on any atom is -0.337 e. The van der Waals surface area contributed by atoms with Gasteiger partial charge < -0.3 is 4.57 Å². The molecule has 0 bridgehead atoms. The van der Waals surface area contributed by atoms with Crippen LogP contribution < -0.4 is 0 Å². The van der Waals surface area contributed by atoms with Crippen LogP contribution >= 0.6 is 0 Å². The maximum atomic E-state index is 12.4. The molecule has 2 rings (SSSR count). The third-order valence-corrected chi connectivity index (χ3v) is 4.26. The smallest absolute Gasteiger partial charge is 0.142 e. The molecule has 4 nitrogen and oxygen atoms in total. The monoisotopic (exact) mass is 263 g/mol. The van der Waals surface area contributed by atoms with Gasteiger partial charge in [0, 0.05) is 37.3 Å². The molecule has 0 radical (unpaired) electrons. The Hall–Kier alpha value is -1.16. The van der Waals surface area contributed by atoms with E-state index in [0.717, 1.165) is 31.8 Å². The van der Waals surface area contributed by atoms with Crippen molar-refractivity contribution in [1.82, 2.24) is 14.5 Å². The minimum absolute atomic E-state index is 0.132. The number of hydrogen-bond donors (Lipinski definition) is 0. The van der Waals surface area contributed by atoms with Crippen LogP contribution in [0.5, 0.6) is 0 Å². The molecule has 0 spiro atoms. The van der Waals surface area contributed by atoms with Gasteiger partial charge in [0.25, 0.3) is 0 Å². The lowest BCUT2D eigenvalue weighted by molar-refractivity contribution is -0.134. The first-order valence-electron chi connectivity index (χ1n) is 7.09. The standard InChI is InChI=1S/C15H25N3O/c1-15(2)7-5-6-12(14(15)19)10-17(3)11-13-16-8-9-18(13)4/h8-9,12H,5-7,10-11H2,1-4H3. The van der Waals surface area contributed by atoms with E-state index in [2.05, 4.69) is 30.8 Å². The zero-order valence-corrected chi connectivity index (χ0v) is 12.5. The van der Waals surface area contributed by atoms with Crippen molar-refractivity contribution in [2.45, 2.75) is 39.7 Å². The first-order chi connectivity index (χ1) is 8.90. The van der Waals surface area contributed by atoms with Gasteiger partial charge in [0.2, 0.25) is 0 Å². The lowest BCUT2D eigenvalue weighted by atomic mass is 9.71. The summed E-state index contributed by atoms with van der Waals surface area (Å²) in [6.45, 7) is 5.81. The van der Waals surface area contributed by atoms with Crippen molar-refractivity contribution in [1.29, 1.82) is 0 Å². The Morgan fingerprint density at radius 3 is 2.89 bits per heavy atom. The van der Waals surface area contributed by atoms with Crippen molar-refractivity contribution in [3.05, 3.63) is 18.2 Å². The first kappa shape index (κ1) is 14.3. The third kappa shape index (κ3) is 3.24. The van der Waals surface area contributed by atoms with Crippen molar-refractivity contribution < 1.29 is 4.79 Å². The SMILES string of the molecule is CN(Cc1nccn1C)CC1CCCC(C)(C)C1=O. The van der Waals surface area contributed by atoms with Crippen molar-refractivity contribution in [3.63, 3.8) is 0 Å². The Kier molecular flexibility index (Phi) is 4.09. The number of hydrogen-bond acceptors (Lipinski definition) is 3. The molecule has 106 valence electrons. The van der Waals surface area contributed by atoms with Crippen molar-refractivity contribution in [3.8, 4) is 0 Å². The molecule has 19 heavy (non-hydrogen) atoms. The quantitative estimate of drug-likeness (QED) is 0.836. The van der Waals surface area contributed by atoms with Gasteiger partial charge in [0.15, 0.2) is 0 Å². The Labute approximate surface area is 115 Å². The Morgan fingerprint density at radius 2 is 2.26 bits per heavy atom. The summed E-state index contributed by atoms with van der Waals surface area (Å²) in [6, 6.07) is 0. The molecular formula is C15H25N3O. The van der Waals surface area contributed by atoms with E-state index in [4.69, 9.17) is 0 Å². The summed E-state index contributed by atoms with van der Waals surface area (Å²) in [4.78, 5) is 19.0. The van der Waals surface area contributed by atoms with E-state index < -0.39 is 0 Å². The lowest BCUT2D eigenvalue weighted by Gasteiger charge is -2.35. The van der Waals surface area contributed by atoms with Crippen LogP contribution in [0.1, 0.15) is 38.9 Å². The minimum atomic E-state index is -0.132. The molecule has 4 heteroatoms. The van der Waals surface area contributed by atoms with E-state index in [9.17, 15) is 4.79 Å². The molecule has 0 N–H and O–H groups in total. The third-order valence-electron chi connectivity index (χ3n) is 4.26. The van der Waals surface area contributed by atoms with Gasteiger partial charge in [-0.05, 0) is 19.9 Å². The number of carbonyl (C=O) groups is 1. The second-order valence-corrected chi connectivity index (χ2v) is 6.49. The average Bonchev–Trinajstić information content (AvgIpc) is 2.71. The van der Waals surface area contributed by atoms with Gasteiger partial charge in [-0.3, -0.25) is 9.69 Å². The van der Waals surface area contributed by atoms with Crippen LogP contribution in [0, 0.1) is 11.3 Å². The summed E-state index contributed by atoms with van der Waals surface area (Å²) in [5.41, 5.74) is -0.132. The lowest BCUT2D eigenvalue weighted by Crippen LogP contribution is -2.40. The summed E-state index contributed by atoms with van der Waals surface area (Å²) < 4.78 is 2.03. The van der Waals surface area contributed by atoms with E-state index in [-0.39, 0.29) is 11.3 Å². The number of ketones is 1. The van der Waals surface area contributed by atoms with E-state index >= 15 is 0 Å². The van der Waals surface area contributed by atoms with Crippen LogP contribution in [0.2, 0.25) is 0 Å². The van der Waals surface area contributed by atoms with Crippen LogP contribution in [0.25, 0.3) is 0 Å². The molecule has 1 aromatic rings. The Bertz CT molecular complexity index is 450. The number of aryl methyl sites for hydroxylation is 1. The largest absolute Gasteiger partial charge is 0.337 e. The predicted molar refractivity (Wildman–Crippen MR) is 75.7 cm³/mol. The molecule has 1 saturated carbocycles. The van der Waals surface area contributed by atoms with Gasteiger partial charge in [-0.15, -0.1) is 0 Å². The molecule has 0 amide bonds. The molecule has 0 aromatic carbocycles. The highest BCUT2D eigenvalue weighted by Gasteiger charge is 2.37. The van der Waals surface area contributed by atoms with Crippen molar-refractivity contribution in [2.75, 3.05) is 13.6 Å². The first-order valence-corrected chi connectivity index (χ1v) is 7.09. The molecule has 1 unspecified atom stereocenters. The molecule has 1 aromatic heterocycles. The maximum Gasteiger partial charge on any atom is 0.142 e. The molecular weight excluding hydrogens is 238 g/mol. The number of aromatic nitrogens is 2. The predicted octanol–water partition coefficient (Wildman–Crippen LogP) is 2.25. The van der Waals surface area contributed by atoms with Gasteiger partial charge in [-0.2, -0.15) is 0 Å². The zero-order chi connectivity index (χ0) is 14.0. The van der Waals surface area contributed by atoms with Gasteiger partial charge in [-0.1, -0.05) is 20.3 Å². The summed E-state index contributed by atoms with van der Waals surface area (Å²) in [5.74, 6) is 1.67. The van der Waals surface area contributed by atoms with E-state index in [1.54, 1.807) is 0 Å². The summed E-state index contributed by atoms with van der Waals surface area (Å²) >= 11 is 0. The number of carbonyl (C=O) groups excluding carboxylic acids is 1. The Balaban J connectivity index is 1.93. The molecule has 1 heterocycles. The topological polar surface area (TPSA) is 38.1 Å². The van der Waals surface area contributed by atoms with Crippen molar-refractivity contribution in [2.24, 2.45) is 18.4 Å². The van der Waals surface area contributed by atoms with Gasteiger partial charge >= 0.3 is 0 Å². The van der Waals surface area contributed by atoms with Crippen molar-refractivity contribution >= 4 is 5.78 Å². The highest BCUT2D eigenvalue weighted by atomic mass is 16.1. The van der Waals surface area contributed by atoms with E-state index in [1.807, 2.05) is 24.0 Å². The normalized spacial score (nSPS) is 23.0.